The minimum absolute atomic E-state index is 0.746. The summed E-state index contributed by atoms with van der Waals surface area (Å²) in [6.07, 6.45) is 2.05. The summed E-state index contributed by atoms with van der Waals surface area (Å²) in [6, 6.07) is 6.02. The first kappa shape index (κ1) is 14.4. The number of hydrogen-bond donors (Lipinski definition) is 1. The average Bonchev–Trinajstić information content (AvgIpc) is 2.83. The van der Waals surface area contributed by atoms with Gasteiger partial charge in [-0.15, -0.1) is 10.2 Å². The highest BCUT2D eigenvalue weighted by Gasteiger charge is 2.10. The number of aryl methyl sites for hydroxylation is 2. The van der Waals surface area contributed by atoms with Crippen molar-refractivity contribution in [2.45, 2.75) is 26.7 Å². The second kappa shape index (κ2) is 6.98. The molecule has 102 valence electrons. The van der Waals surface area contributed by atoms with Crippen molar-refractivity contribution >= 4 is 22.9 Å². The van der Waals surface area contributed by atoms with Gasteiger partial charge >= 0.3 is 0 Å². The van der Waals surface area contributed by atoms with E-state index < -0.39 is 0 Å². The number of nitrogens with one attached hydrogen (secondary N) is 1. The van der Waals surface area contributed by atoms with Gasteiger partial charge in [0.15, 0.2) is 0 Å². The first-order chi connectivity index (χ1) is 9.20. The molecule has 1 heterocycles. The van der Waals surface area contributed by atoms with E-state index in [2.05, 4.69) is 22.4 Å². The Bertz CT molecular complexity index is 539. The number of benzene rings is 1. The summed E-state index contributed by atoms with van der Waals surface area (Å²) >= 11 is 7.88. The lowest BCUT2D eigenvalue weighted by molar-refractivity contribution is 0.669. The van der Waals surface area contributed by atoms with Crippen molar-refractivity contribution in [3.05, 3.63) is 33.8 Å². The molecule has 1 aromatic carbocycles. The number of nitrogens with zero attached hydrogens (tertiary/aromatic N) is 2. The zero-order chi connectivity index (χ0) is 13.7. The molecule has 1 N–H and O–H groups in total. The molecular formula is C14H18ClN3S. The summed E-state index contributed by atoms with van der Waals surface area (Å²) in [5.41, 5.74) is 2.13. The topological polar surface area (TPSA) is 37.8 Å². The zero-order valence-electron chi connectivity index (χ0n) is 11.2. The molecule has 0 aliphatic heterocycles. The molecule has 5 heteroatoms. The summed E-state index contributed by atoms with van der Waals surface area (Å²) in [7, 11) is 0. The van der Waals surface area contributed by atoms with Gasteiger partial charge in [0, 0.05) is 12.0 Å². The van der Waals surface area contributed by atoms with Crippen molar-refractivity contribution in [1.82, 2.24) is 15.5 Å². The first-order valence-corrected chi connectivity index (χ1v) is 7.69. The van der Waals surface area contributed by atoms with Gasteiger partial charge in [-0.25, -0.2) is 0 Å². The van der Waals surface area contributed by atoms with Crippen molar-refractivity contribution in [1.29, 1.82) is 0 Å². The molecule has 0 atom stereocenters. The molecule has 2 aromatic rings. The van der Waals surface area contributed by atoms with E-state index in [0.717, 1.165) is 52.1 Å². The Balaban J connectivity index is 2.04. The van der Waals surface area contributed by atoms with Gasteiger partial charge in [-0.3, -0.25) is 0 Å². The van der Waals surface area contributed by atoms with E-state index in [-0.39, 0.29) is 0 Å². The summed E-state index contributed by atoms with van der Waals surface area (Å²) in [5, 5.41) is 14.5. The van der Waals surface area contributed by atoms with Crippen LogP contribution in [-0.2, 0) is 6.42 Å². The van der Waals surface area contributed by atoms with Crippen molar-refractivity contribution in [2.75, 3.05) is 13.1 Å². The fourth-order valence-electron chi connectivity index (χ4n) is 1.80. The summed E-state index contributed by atoms with van der Waals surface area (Å²) in [5.74, 6) is 0. The van der Waals surface area contributed by atoms with Gasteiger partial charge in [-0.1, -0.05) is 42.0 Å². The minimum Gasteiger partial charge on any atom is -0.317 e. The highest BCUT2D eigenvalue weighted by molar-refractivity contribution is 7.14. The standard InChI is InChI=1S/C14H18ClN3S/c1-3-16-8-4-5-13-17-18-14(19-13)11-7-6-10(2)9-12(11)15/h6-7,9,16H,3-5,8H2,1-2H3. The van der Waals surface area contributed by atoms with E-state index in [4.69, 9.17) is 11.6 Å². The molecule has 0 aliphatic rings. The van der Waals surface area contributed by atoms with Crippen LogP contribution in [0.4, 0.5) is 0 Å². The Morgan fingerprint density at radius 1 is 1.32 bits per heavy atom. The van der Waals surface area contributed by atoms with Crippen LogP contribution in [-0.4, -0.2) is 23.3 Å². The van der Waals surface area contributed by atoms with E-state index >= 15 is 0 Å². The quantitative estimate of drug-likeness (QED) is 0.826. The molecule has 0 saturated carbocycles. The number of halogens is 1. The van der Waals surface area contributed by atoms with Gasteiger partial charge in [-0.05, 0) is 38.1 Å². The normalized spacial score (nSPS) is 10.9. The van der Waals surface area contributed by atoms with Gasteiger partial charge in [0.1, 0.15) is 10.0 Å². The van der Waals surface area contributed by atoms with Crippen LogP contribution in [0.15, 0.2) is 18.2 Å². The summed E-state index contributed by atoms with van der Waals surface area (Å²) < 4.78 is 0. The van der Waals surface area contributed by atoms with E-state index in [1.807, 2.05) is 25.1 Å². The highest BCUT2D eigenvalue weighted by Crippen LogP contribution is 2.31. The SMILES string of the molecule is CCNCCCc1nnc(-c2ccc(C)cc2Cl)s1. The maximum atomic E-state index is 6.25. The fraction of sp³-hybridized carbons (Fsp3) is 0.429. The highest BCUT2D eigenvalue weighted by atomic mass is 35.5. The molecule has 2 rings (SSSR count). The molecule has 0 saturated heterocycles. The zero-order valence-corrected chi connectivity index (χ0v) is 12.8. The molecule has 0 spiro atoms. The predicted octanol–water partition coefficient (Wildman–Crippen LogP) is 3.71. The predicted molar refractivity (Wildman–Crippen MR) is 82.0 cm³/mol. The lowest BCUT2D eigenvalue weighted by Gasteiger charge is -2.00. The summed E-state index contributed by atoms with van der Waals surface area (Å²) in [6.45, 7) is 6.18. The lowest BCUT2D eigenvalue weighted by Crippen LogP contribution is -2.14. The molecule has 0 amide bonds. The van der Waals surface area contributed by atoms with Crippen LogP contribution in [0.25, 0.3) is 10.6 Å². The molecule has 0 bridgehead atoms. The third-order valence-corrected chi connectivity index (χ3v) is 4.15. The monoisotopic (exact) mass is 295 g/mol. The maximum Gasteiger partial charge on any atom is 0.149 e. The second-order valence-electron chi connectivity index (χ2n) is 4.44. The Morgan fingerprint density at radius 3 is 2.89 bits per heavy atom. The van der Waals surface area contributed by atoms with Crippen molar-refractivity contribution in [2.24, 2.45) is 0 Å². The van der Waals surface area contributed by atoms with Crippen LogP contribution in [0.1, 0.15) is 23.9 Å². The molecule has 1 aromatic heterocycles. The average molecular weight is 296 g/mol. The van der Waals surface area contributed by atoms with Crippen LogP contribution >= 0.6 is 22.9 Å². The fourth-order valence-corrected chi connectivity index (χ4v) is 3.10. The maximum absolute atomic E-state index is 6.25. The Labute approximate surface area is 123 Å². The molecule has 19 heavy (non-hydrogen) atoms. The van der Waals surface area contributed by atoms with Gasteiger partial charge < -0.3 is 5.32 Å². The number of aromatic nitrogens is 2. The molecular weight excluding hydrogens is 278 g/mol. The largest absolute Gasteiger partial charge is 0.317 e. The molecule has 0 unspecified atom stereocenters. The lowest BCUT2D eigenvalue weighted by atomic mass is 10.2. The molecule has 0 radical (unpaired) electrons. The Morgan fingerprint density at radius 2 is 2.16 bits per heavy atom. The number of rotatable bonds is 6. The minimum atomic E-state index is 0.746. The Kier molecular flexibility index (Phi) is 5.31. The van der Waals surface area contributed by atoms with E-state index in [9.17, 15) is 0 Å². The molecule has 3 nitrogen and oxygen atoms in total. The molecule has 0 fully saturated rings. The van der Waals surface area contributed by atoms with Gasteiger partial charge in [0.25, 0.3) is 0 Å². The van der Waals surface area contributed by atoms with E-state index in [0.29, 0.717) is 0 Å². The van der Waals surface area contributed by atoms with Gasteiger partial charge in [-0.2, -0.15) is 0 Å². The third-order valence-electron chi connectivity index (χ3n) is 2.82. The number of hydrogen-bond acceptors (Lipinski definition) is 4. The van der Waals surface area contributed by atoms with Crippen LogP contribution in [0.2, 0.25) is 5.02 Å². The van der Waals surface area contributed by atoms with Crippen LogP contribution < -0.4 is 5.32 Å². The van der Waals surface area contributed by atoms with Gasteiger partial charge in [0.05, 0.1) is 5.02 Å². The van der Waals surface area contributed by atoms with Crippen LogP contribution in [0.3, 0.4) is 0 Å². The van der Waals surface area contributed by atoms with Crippen molar-refractivity contribution in [3.63, 3.8) is 0 Å². The summed E-state index contributed by atoms with van der Waals surface area (Å²) in [4.78, 5) is 0. The van der Waals surface area contributed by atoms with Crippen molar-refractivity contribution < 1.29 is 0 Å². The van der Waals surface area contributed by atoms with E-state index in [1.54, 1.807) is 11.3 Å². The van der Waals surface area contributed by atoms with Crippen LogP contribution in [0.5, 0.6) is 0 Å². The smallest absolute Gasteiger partial charge is 0.149 e. The first-order valence-electron chi connectivity index (χ1n) is 6.50. The second-order valence-corrected chi connectivity index (χ2v) is 5.91. The Hall–Kier alpha value is -0.970. The van der Waals surface area contributed by atoms with Gasteiger partial charge in [0.2, 0.25) is 0 Å². The van der Waals surface area contributed by atoms with Crippen LogP contribution in [0, 0.1) is 6.92 Å². The van der Waals surface area contributed by atoms with Crippen molar-refractivity contribution in [3.8, 4) is 10.6 Å². The third kappa shape index (κ3) is 4.00. The molecule has 0 aliphatic carbocycles. The van der Waals surface area contributed by atoms with E-state index in [1.165, 1.54) is 0 Å².